The van der Waals surface area contributed by atoms with E-state index in [0.29, 0.717) is 0 Å². The lowest BCUT2D eigenvalue weighted by atomic mass is 10.1. The van der Waals surface area contributed by atoms with E-state index in [9.17, 15) is 0 Å². The largest absolute Gasteiger partial charge is 0.135 e. The van der Waals surface area contributed by atoms with Crippen molar-refractivity contribution >= 4 is 55.3 Å². The van der Waals surface area contributed by atoms with Crippen LogP contribution >= 0.6 is 19.3 Å². The fourth-order valence-electron chi connectivity index (χ4n) is 3.45. The molecule has 0 nitrogen and oxygen atoms in total. The molecule has 0 N–H and O–H groups in total. The Morgan fingerprint density at radius 2 is 1.15 bits per heavy atom. The van der Waals surface area contributed by atoms with E-state index >= 15 is 0 Å². The van der Waals surface area contributed by atoms with Crippen molar-refractivity contribution in [1.29, 1.82) is 0 Å². The molecule has 0 spiro atoms. The predicted molar refractivity (Wildman–Crippen MR) is 118 cm³/mol. The molecule has 26 heavy (non-hydrogen) atoms. The van der Waals surface area contributed by atoms with Crippen LogP contribution in [0.5, 0.6) is 0 Å². The normalized spacial score (nSPS) is 11.4. The Labute approximate surface area is 158 Å². The summed E-state index contributed by atoms with van der Waals surface area (Å²) in [6.45, 7) is 0. The van der Waals surface area contributed by atoms with Gasteiger partial charge in [0.25, 0.3) is 0 Å². The molecule has 0 aliphatic heterocycles. The highest BCUT2D eigenvalue weighted by molar-refractivity contribution is 7.84. The predicted octanol–water partition coefficient (Wildman–Crippen LogP) is 5.81. The molecule has 5 rings (SSSR count). The third-order valence-corrected chi connectivity index (χ3v) is 8.59. The Bertz CT molecular complexity index is 1140. The molecule has 0 radical (unpaired) electrons. The van der Waals surface area contributed by atoms with Gasteiger partial charge in [0.1, 0.15) is 0 Å². The lowest BCUT2D eigenvalue weighted by molar-refractivity contribution is 1.75. The standard InChI is InChI=1S/C24H17PS/c1-3-10-19(11-4-1)25(20-12-5-2-6-13-20)24-17-22-21-14-8-7-9-18(21)15-16-23(22)26-24/h1-17H. The van der Waals surface area contributed by atoms with Crippen LogP contribution in [-0.4, -0.2) is 0 Å². The summed E-state index contributed by atoms with van der Waals surface area (Å²) in [5.74, 6) is 0. The van der Waals surface area contributed by atoms with Crippen molar-refractivity contribution < 1.29 is 0 Å². The highest BCUT2D eigenvalue weighted by Crippen LogP contribution is 2.39. The van der Waals surface area contributed by atoms with E-state index in [1.165, 1.54) is 36.1 Å². The van der Waals surface area contributed by atoms with E-state index in [2.05, 4.69) is 103 Å². The van der Waals surface area contributed by atoms with Crippen LogP contribution in [0.25, 0.3) is 20.9 Å². The first-order valence-corrected chi connectivity index (χ1v) is 10.9. The van der Waals surface area contributed by atoms with E-state index in [-0.39, 0.29) is 0 Å². The van der Waals surface area contributed by atoms with Gasteiger partial charge in [-0.2, -0.15) is 0 Å². The molecular formula is C24H17PS. The van der Waals surface area contributed by atoms with Gasteiger partial charge in [-0.15, -0.1) is 11.3 Å². The Morgan fingerprint density at radius 3 is 1.85 bits per heavy atom. The quantitative estimate of drug-likeness (QED) is 0.352. The van der Waals surface area contributed by atoms with Crippen molar-refractivity contribution in [3.05, 3.63) is 103 Å². The van der Waals surface area contributed by atoms with Gasteiger partial charge in [0, 0.05) is 14.7 Å². The summed E-state index contributed by atoms with van der Waals surface area (Å²) in [6, 6.07) is 37.5. The monoisotopic (exact) mass is 368 g/mol. The van der Waals surface area contributed by atoms with Crippen LogP contribution in [0.3, 0.4) is 0 Å². The molecule has 0 saturated carbocycles. The Balaban J connectivity index is 1.75. The lowest BCUT2D eigenvalue weighted by Gasteiger charge is -2.16. The smallest absolute Gasteiger partial charge is 0.0381 e. The lowest BCUT2D eigenvalue weighted by Crippen LogP contribution is -2.18. The summed E-state index contributed by atoms with van der Waals surface area (Å²) in [5.41, 5.74) is 0. The molecule has 0 aliphatic carbocycles. The fourth-order valence-corrected chi connectivity index (χ4v) is 7.56. The molecule has 2 heteroatoms. The van der Waals surface area contributed by atoms with Crippen LogP contribution in [0.2, 0.25) is 0 Å². The van der Waals surface area contributed by atoms with Crippen molar-refractivity contribution in [3.8, 4) is 0 Å². The first-order chi connectivity index (χ1) is 12.9. The average molecular weight is 368 g/mol. The molecule has 5 aromatic rings. The number of rotatable bonds is 3. The second-order valence-corrected chi connectivity index (χ2v) is 9.86. The van der Waals surface area contributed by atoms with Crippen LogP contribution in [0.4, 0.5) is 0 Å². The Kier molecular flexibility index (Phi) is 4.05. The van der Waals surface area contributed by atoms with Crippen molar-refractivity contribution in [2.45, 2.75) is 0 Å². The number of benzene rings is 4. The maximum absolute atomic E-state index is 2.42. The van der Waals surface area contributed by atoms with E-state index in [1.807, 2.05) is 11.3 Å². The van der Waals surface area contributed by atoms with Gasteiger partial charge in [0.2, 0.25) is 0 Å². The zero-order valence-corrected chi connectivity index (χ0v) is 15.9. The van der Waals surface area contributed by atoms with Crippen LogP contribution in [0, 0.1) is 0 Å². The highest BCUT2D eigenvalue weighted by atomic mass is 32.1. The first-order valence-electron chi connectivity index (χ1n) is 8.72. The van der Waals surface area contributed by atoms with Gasteiger partial charge in [0.05, 0.1) is 0 Å². The first kappa shape index (κ1) is 15.8. The summed E-state index contributed by atoms with van der Waals surface area (Å²) in [7, 11) is -0.530. The summed E-state index contributed by atoms with van der Waals surface area (Å²) < 4.78 is 2.84. The van der Waals surface area contributed by atoms with Crippen molar-refractivity contribution in [1.82, 2.24) is 0 Å². The van der Waals surface area contributed by atoms with Crippen LogP contribution < -0.4 is 15.2 Å². The minimum Gasteiger partial charge on any atom is -0.135 e. The van der Waals surface area contributed by atoms with Gasteiger partial charge >= 0.3 is 0 Å². The maximum atomic E-state index is 2.42. The fraction of sp³-hybridized carbons (Fsp3) is 0. The zero-order valence-electron chi connectivity index (χ0n) is 14.2. The SMILES string of the molecule is c1ccc(P(c2ccccc2)c2cc3c(ccc4ccccc43)s2)cc1. The minimum absolute atomic E-state index is 0.530. The Hall–Kier alpha value is -2.47. The summed E-state index contributed by atoms with van der Waals surface area (Å²) in [5, 5.41) is 6.85. The topological polar surface area (TPSA) is 0 Å². The number of thiophene rings is 1. The number of fused-ring (bicyclic) bond motifs is 3. The summed E-state index contributed by atoms with van der Waals surface area (Å²) in [6.07, 6.45) is 0. The van der Waals surface area contributed by atoms with Crippen molar-refractivity contribution in [3.63, 3.8) is 0 Å². The second-order valence-electron chi connectivity index (χ2n) is 6.29. The third-order valence-electron chi connectivity index (χ3n) is 4.66. The average Bonchev–Trinajstić information content (AvgIpc) is 3.14. The maximum Gasteiger partial charge on any atom is 0.0381 e. The van der Waals surface area contributed by atoms with E-state index in [4.69, 9.17) is 0 Å². The highest BCUT2D eigenvalue weighted by Gasteiger charge is 2.19. The van der Waals surface area contributed by atoms with Crippen LogP contribution in [0.15, 0.2) is 103 Å². The second kappa shape index (κ2) is 6.68. The molecule has 1 heterocycles. The van der Waals surface area contributed by atoms with Crippen molar-refractivity contribution in [2.24, 2.45) is 0 Å². The number of hydrogen-bond acceptors (Lipinski definition) is 1. The third kappa shape index (κ3) is 2.74. The zero-order chi connectivity index (χ0) is 17.3. The van der Waals surface area contributed by atoms with Gasteiger partial charge < -0.3 is 0 Å². The van der Waals surface area contributed by atoms with E-state index in [0.717, 1.165) is 0 Å². The molecular weight excluding hydrogens is 351 g/mol. The van der Waals surface area contributed by atoms with Gasteiger partial charge in [0.15, 0.2) is 0 Å². The Morgan fingerprint density at radius 1 is 0.538 bits per heavy atom. The molecule has 0 fully saturated rings. The molecule has 4 aromatic carbocycles. The molecule has 0 unspecified atom stereocenters. The summed E-state index contributed by atoms with van der Waals surface area (Å²) in [4.78, 5) is 0. The van der Waals surface area contributed by atoms with Gasteiger partial charge in [-0.3, -0.25) is 0 Å². The molecule has 0 saturated heterocycles. The molecule has 124 valence electrons. The summed E-state index contributed by atoms with van der Waals surface area (Å²) >= 11 is 1.94. The molecule has 0 bridgehead atoms. The molecule has 0 aliphatic rings. The van der Waals surface area contributed by atoms with Crippen LogP contribution in [0.1, 0.15) is 0 Å². The van der Waals surface area contributed by atoms with Gasteiger partial charge in [-0.1, -0.05) is 91.0 Å². The minimum atomic E-state index is -0.530. The van der Waals surface area contributed by atoms with E-state index < -0.39 is 7.92 Å². The van der Waals surface area contributed by atoms with Gasteiger partial charge in [-0.25, -0.2) is 0 Å². The number of hydrogen-bond donors (Lipinski definition) is 0. The van der Waals surface area contributed by atoms with Crippen molar-refractivity contribution in [2.75, 3.05) is 0 Å². The molecule has 1 aromatic heterocycles. The molecule has 0 atom stereocenters. The molecule has 0 amide bonds. The van der Waals surface area contributed by atoms with Crippen LogP contribution in [-0.2, 0) is 0 Å². The van der Waals surface area contributed by atoms with Gasteiger partial charge in [-0.05, 0) is 41.4 Å². The van der Waals surface area contributed by atoms with E-state index in [1.54, 1.807) is 0 Å².